The average molecular weight is 349 g/mol. The summed E-state index contributed by atoms with van der Waals surface area (Å²) in [6.45, 7) is 1.23. The zero-order valence-electron chi connectivity index (χ0n) is 14.5. The molecule has 1 aromatic heterocycles. The Morgan fingerprint density at radius 3 is 2.73 bits per heavy atom. The average Bonchev–Trinajstić information content (AvgIpc) is 3.09. The molecule has 4 rings (SSSR count). The Morgan fingerprint density at radius 2 is 1.96 bits per heavy atom. The second-order valence-corrected chi connectivity index (χ2v) is 6.44. The molecule has 0 saturated carbocycles. The van der Waals surface area contributed by atoms with Crippen LogP contribution >= 0.6 is 0 Å². The van der Waals surface area contributed by atoms with E-state index in [4.69, 9.17) is 4.74 Å². The molecule has 1 N–H and O–H groups in total. The van der Waals surface area contributed by atoms with Crippen LogP contribution in [0.4, 0.5) is 4.39 Å². The minimum atomic E-state index is -0.237. The van der Waals surface area contributed by atoms with Crippen molar-refractivity contribution in [2.24, 2.45) is 7.05 Å². The van der Waals surface area contributed by atoms with Crippen LogP contribution in [0.2, 0.25) is 0 Å². The summed E-state index contributed by atoms with van der Waals surface area (Å²) in [5, 5.41) is 7.83. The Bertz CT molecular complexity index is 930. The molecule has 4 nitrogen and oxygen atoms in total. The van der Waals surface area contributed by atoms with Crippen molar-refractivity contribution in [1.29, 1.82) is 0 Å². The zero-order valence-corrected chi connectivity index (χ0v) is 14.5. The van der Waals surface area contributed by atoms with E-state index < -0.39 is 0 Å². The molecule has 0 spiro atoms. The molecule has 1 unspecified atom stereocenters. The van der Waals surface area contributed by atoms with Crippen molar-refractivity contribution < 1.29 is 9.13 Å². The van der Waals surface area contributed by atoms with Gasteiger partial charge in [-0.2, -0.15) is 5.10 Å². The third-order valence-corrected chi connectivity index (χ3v) is 4.49. The van der Waals surface area contributed by atoms with Crippen molar-refractivity contribution >= 4 is 6.08 Å². The SMILES string of the molecule is Cn1cc(C(NCC2=Cc3ccccc3OC2)c2ccc(F)cc2)cn1. The zero-order chi connectivity index (χ0) is 17.9. The van der Waals surface area contributed by atoms with Gasteiger partial charge in [0.1, 0.15) is 18.2 Å². The molecule has 0 amide bonds. The first-order valence-corrected chi connectivity index (χ1v) is 8.58. The van der Waals surface area contributed by atoms with Gasteiger partial charge < -0.3 is 10.1 Å². The molecular formula is C21H20FN3O. The van der Waals surface area contributed by atoms with Crippen LogP contribution in [0, 0.1) is 5.82 Å². The second-order valence-electron chi connectivity index (χ2n) is 6.44. The smallest absolute Gasteiger partial charge is 0.127 e. The van der Waals surface area contributed by atoms with Crippen LogP contribution in [0.25, 0.3) is 6.08 Å². The summed E-state index contributed by atoms with van der Waals surface area (Å²) in [5.74, 6) is 0.678. The molecule has 2 aromatic carbocycles. The predicted molar refractivity (Wildman–Crippen MR) is 99.4 cm³/mol. The number of aromatic nitrogens is 2. The molecule has 0 aliphatic carbocycles. The number of benzene rings is 2. The fourth-order valence-corrected chi connectivity index (χ4v) is 3.17. The predicted octanol–water partition coefficient (Wildman–Crippen LogP) is 3.71. The number of fused-ring (bicyclic) bond motifs is 1. The normalized spacial score (nSPS) is 14.3. The quantitative estimate of drug-likeness (QED) is 0.763. The van der Waals surface area contributed by atoms with Gasteiger partial charge in [0.15, 0.2) is 0 Å². The van der Waals surface area contributed by atoms with Crippen molar-refractivity contribution in [1.82, 2.24) is 15.1 Å². The monoisotopic (exact) mass is 349 g/mol. The number of ether oxygens (including phenoxy) is 1. The van der Waals surface area contributed by atoms with Crippen molar-refractivity contribution in [3.8, 4) is 5.75 Å². The van der Waals surface area contributed by atoms with Crippen LogP contribution in [0.15, 0.2) is 66.5 Å². The van der Waals surface area contributed by atoms with Crippen LogP contribution in [0.3, 0.4) is 0 Å². The molecule has 1 atom stereocenters. The Hall–Kier alpha value is -2.92. The minimum absolute atomic E-state index is 0.0672. The highest BCUT2D eigenvalue weighted by Crippen LogP contribution is 2.27. The minimum Gasteiger partial charge on any atom is -0.489 e. The summed E-state index contributed by atoms with van der Waals surface area (Å²) >= 11 is 0. The Balaban J connectivity index is 1.56. The molecule has 3 aromatic rings. The third-order valence-electron chi connectivity index (χ3n) is 4.49. The lowest BCUT2D eigenvalue weighted by Crippen LogP contribution is -2.27. The molecule has 1 aliphatic heterocycles. The van der Waals surface area contributed by atoms with Crippen molar-refractivity contribution in [3.05, 3.63) is 89.0 Å². The molecule has 5 heteroatoms. The molecule has 0 saturated heterocycles. The fraction of sp³-hybridized carbons (Fsp3) is 0.190. The van der Waals surface area contributed by atoms with Gasteiger partial charge in [-0.05, 0) is 35.4 Å². The van der Waals surface area contributed by atoms with E-state index in [2.05, 4.69) is 16.5 Å². The summed E-state index contributed by atoms with van der Waals surface area (Å²) in [4.78, 5) is 0. The van der Waals surface area contributed by atoms with Gasteiger partial charge in [-0.25, -0.2) is 4.39 Å². The van der Waals surface area contributed by atoms with E-state index in [9.17, 15) is 4.39 Å². The summed E-state index contributed by atoms with van der Waals surface area (Å²) in [6, 6.07) is 14.5. The first kappa shape index (κ1) is 16.5. The summed E-state index contributed by atoms with van der Waals surface area (Å²) in [7, 11) is 1.89. The standard InChI is InChI=1S/C21H20FN3O/c1-25-13-18(12-24-25)21(16-6-8-19(22)9-7-16)23-11-15-10-17-4-2-3-5-20(17)26-14-15/h2-10,12-13,21,23H,11,14H2,1H3. The highest BCUT2D eigenvalue weighted by atomic mass is 19.1. The van der Waals surface area contributed by atoms with E-state index >= 15 is 0 Å². The van der Waals surface area contributed by atoms with E-state index in [0.717, 1.165) is 22.4 Å². The number of hydrogen-bond donors (Lipinski definition) is 1. The van der Waals surface area contributed by atoms with E-state index in [0.29, 0.717) is 13.2 Å². The third kappa shape index (κ3) is 3.53. The highest BCUT2D eigenvalue weighted by Gasteiger charge is 2.17. The second kappa shape index (κ2) is 7.14. The molecule has 0 bridgehead atoms. The lowest BCUT2D eigenvalue weighted by Gasteiger charge is -2.22. The molecule has 0 fully saturated rings. The van der Waals surface area contributed by atoms with E-state index in [1.54, 1.807) is 16.8 Å². The fourth-order valence-electron chi connectivity index (χ4n) is 3.17. The largest absolute Gasteiger partial charge is 0.489 e. The van der Waals surface area contributed by atoms with Crippen molar-refractivity contribution in [3.63, 3.8) is 0 Å². The maximum absolute atomic E-state index is 13.3. The van der Waals surface area contributed by atoms with Gasteiger partial charge in [-0.15, -0.1) is 0 Å². The Labute approximate surface area is 151 Å². The van der Waals surface area contributed by atoms with Crippen LogP contribution < -0.4 is 10.1 Å². The van der Waals surface area contributed by atoms with Gasteiger partial charge in [0.25, 0.3) is 0 Å². The maximum Gasteiger partial charge on any atom is 0.127 e. The number of nitrogens with one attached hydrogen (secondary N) is 1. The van der Waals surface area contributed by atoms with E-state index in [-0.39, 0.29) is 11.9 Å². The molecular weight excluding hydrogens is 329 g/mol. The van der Waals surface area contributed by atoms with E-state index in [1.165, 1.54) is 17.7 Å². The number of nitrogens with zero attached hydrogens (tertiary/aromatic N) is 2. The van der Waals surface area contributed by atoms with Crippen LogP contribution in [0.5, 0.6) is 5.75 Å². The molecule has 0 radical (unpaired) electrons. The van der Waals surface area contributed by atoms with Crippen LogP contribution in [0.1, 0.15) is 22.7 Å². The summed E-state index contributed by atoms with van der Waals surface area (Å²) in [6.07, 6.45) is 5.97. The Morgan fingerprint density at radius 1 is 1.15 bits per heavy atom. The number of rotatable bonds is 5. The number of para-hydroxylation sites is 1. The number of halogens is 1. The van der Waals surface area contributed by atoms with Crippen LogP contribution in [-0.2, 0) is 7.05 Å². The number of hydrogen-bond acceptors (Lipinski definition) is 3. The van der Waals surface area contributed by atoms with Crippen molar-refractivity contribution in [2.75, 3.05) is 13.2 Å². The lowest BCUT2D eigenvalue weighted by molar-refractivity contribution is 0.342. The maximum atomic E-state index is 13.3. The van der Waals surface area contributed by atoms with E-state index in [1.807, 2.05) is 43.7 Å². The van der Waals surface area contributed by atoms with Gasteiger partial charge in [0, 0.05) is 30.9 Å². The molecule has 1 aliphatic rings. The molecule has 2 heterocycles. The summed E-state index contributed by atoms with van der Waals surface area (Å²) in [5.41, 5.74) is 4.30. The lowest BCUT2D eigenvalue weighted by atomic mass is 10.0. The van der Waals surface area contributed by atoms with Gasteiger partial charge in [0.2, 0.25) is 0 Å². The van der Waals surface area contributed by atoms with Gasteiger partial charge in [-0.3, -0.25) is 4.68 Å². The number of aryl methyl sites for hydroxylation is 1. The summed E-state index contributed by atoms with van der Waals surface area (Å²) < 4.78 is 20.9. The first-order valence-electron chi connectivity index (χ1n) is 8.58. The molecule has 26 heavy (non-hydrogen) atoms. The van der Waals surface area contributed by atoms with Crippen LogP contribution in [-0.4, -0.2) is 22.9 Å². The van der Waals surface area contributed by atoms with Gasteiger partial charge in [0.05, 0.1) is 12.2 Å². The van der Waals surface area contributed by atoms with Gasteiger partial charge >= 0.3 is 0 Å². The van der Waals surface area contributed by atoms with Crippen molar-refractivity contribution in [2.45, 2.75) is 6.04 Å². The van der Waals surface area contributed by atoms with Gasteiger partial charge in [-0.1, -0.05) is 30.3 Å². The topological polar surface area (TPSA) is 39.1 Å². The molecule has 132 valence electrons. The Kier molecular flexibility index (Phi) is 4.54. The highest BCUT2D eigenvalue weighted by molar-refractivity contribution is 5.62. The first-order chi connectivity index (χ1) is 12.7.